The number of hydrogen-bond acceptors (Lipinski definition) is 7. The zero-order valence-electron chi connectivity index (χ0n) is 41.3. The number of esters is 2. The van der Waals surface area contributed by atoms with E-state index in [1.54, 1.807) is 0 Å². The van der Waals surface area contributed by atoms with E-state index < -0.39 is 0 Å². The van der Waals surface area contributed by atoms with Crippen LogP contribution in [0.3, 0.4) is 0 Å². The Balaban J connectivity index is 2.62. The molecule has 0 aliphatic heterocycles. The highest BCUT2D eigenvalue weighted by atomic mass is 16.5. The minimum absolute atomic E-state index is 0.0369. The Labute approximate surface area is 379 Å². The molecule has 1 rings (SSSR count). The number of carbonyl (C=O) groups excluding carboxylic acids is 2. The lowest BCUT2D eigenvalue weighted by atomic mass is 9.91. The molecule has 0 bridgehead atoms. The fourth-order valence-corrected chi connectivity index (χ4v) is 8.87. The fraction of sp³-hybridized carbons (Fsp3) is 0.926. The molecule has 1 saturated carbocycles. The first kappa shape index (κ1) is 57.6. The van der Waals surface area contributed by atoms with E-state index in [9.17, 15) is 14.7 Å². The summed E-state index contributed by atoms with van der Waals surface area (Å²) < 4.78 is 11.9. The molecule has 360 valence electrons. The first-order valence-corrected chi connectivity index (χ1v) is 27.0. The van der Waals surface area contributed by atoms with Crippen LogP contribution in [0.25, 0.3) is 0 Å². The lowest BCUT2D eigenvalue weighted by Crippen LogP contribution is -2.45. The topological polar surface area (TPSA) is 79.3 Å². The highest BCUT2D eigenvalue weighted by molar-refractivity contribution is 5.70. The Kier molecular flexibility index (Phi) is 41.3. The van der Waals surface area contributed by atoms with Gasteiger partial charge < -0.3 is 14.6 Å². The number of hydrogen-bond donors (Lipinski definition) is 1. The molecular weight excluding hydrogens is 757 g/mol. The molecule has 1 aliphatic rings. The number of allylic oxidation sites excluding steroid dienone is 2. The standard InChI is InChI=1S/C54H104N2O5/c1-5-9-13-16-18-19-20-21-22-23-24-25-26-28-31-40-53(58)60-48-51(37-32-33-42-56(52-38-34-39-52)44-43-55(45-46-57)41-12-8-4)49-61-54(59)47-50(35-29-15-11-7-3)36-30-27-17-14-10-6-2/h21-22,50-52,57H,5-20,23-49H2,1-4H3/b22-21-. The summed E-state index contributed by atoms with van der Waals surface area (Å²) in [6.45, 7) is 14.9. The number of aliphatic hydroxyl groups is 1. The molecular formula is C54H104N2O5. The van der Waals surface area contributed by atoms with Crippen molar-refractivity contribution in [2.45, 2.75) is 258 Å². The van der Waals surface area contributed by atoms with E-state index in [-0.39, 0.29) is 24.5 Å². The Morgan fingerprint density at radius 3 is 1.57 bits per heavy atom. The van der Waals surface area contributed by atoms with Gasteiger partial charge in [0, 0.05) is 44.4 Å². The first-order chi connectivity index (χ1) is 30.0. The molecule has 7 nitrogen and oxygen atoms in total. The largest absolute Gasteiger partial charge is 0.465 e. The molecule has 2 unspecified atom stereocenters. The van der Waals surface area contributed by atoms with Gasteiger partial charge in [0.25, 0.3) is 0 Å². The molecule has 0 aromatic rings. The maximum absolute atomic E-state index is 13.3. The number of carbonyl (C=O) groups is 2. The van der Waals surface area contributed by atoms with Crippen LogP contribution in [0.4, 0.5) is 0 Å². The van der Waals surface area contributed by atoms with Crippen molar-refractivity contribution in [2.24, 2.45) is 11.8 Å². The van der Waals surface area contributed by atoms with Gasteiger partial charge in [0.1, 0.15) is 0 Å². The van der Waals surface area contributed by atoms with E-state index in [1.165, 1.54) is 167 Å². The molecule has 0 heterocycles. The van der Waals surface area contributed by atoms with E-state index in [2.05, 4.69) is 49.6 Å². The van der Waals surface area contributed by atoms with Crippen LogP contribution < -0.4 is 0 Å². The maximum Gasteiger partial charge on any atom is 0.306 e. The van der Waals surface area contributed by atoms with Crippen LogP contribution in [-0.2, 0) is 19.1 Å². The molecule has 61 heavy (non-hydrogen) atoms. The number of nitrogens with zero attached hydrogens (tertiary/aromatic N) is 2. The zero-order valence-corrected chi connectivity index (χ0v) is 41.3. The molecule has 0 spiro atoms. The molecule has 0 amide bonds. The van der Waals surface area contributed by atoms with Crippen molar-refractivity contribution in [1.29, 1.82) is 0 Å². The third-order valence-electron chi connectivity index (χ3n) is 13.3. The zero-order chi connectivity index (χ0) is 44.3. The second kappa shape index (κ2) is 43.8. The van der Waals surface area contributed by atoms with Crippen molar-refractivity contribution in [3.05, 3.63) is 12.2 Å². The van der Waals surface area contributed by atoms with E-state index in [0.29, 0.717) is 38.0 Å². The Hall–Kier alpha value is -1.44. The maximum atomic E-state index is 13.3. The second-order valence-corrected chi connectivity index (χ2v) is 19.1. The van der Waals surface area contributed by atoms with E-state index >= 15 is 0 Å². The summed E-state index contributed by atoms with van der Waals surface area (Å²) in [5.74, 6) is 0.273. The third-order valence-corrected chi connectivity index (χ3v) is 13.3. The van der Waals surface area contributed by atoms with E-state index in [4.69, 9.17) is 9.47 Å². The molecule has 7 heteroatoms. The van der Waals surface area contributed by atoms with Gasteiger partial charge in [-0.3, -0.25) is 19.4 Å². The van der Waals surface area contributed by atoms with Gasteiger partial charge in [-0.15, -0.1) is 0 Å². The van der Waals surface area contributed by atoms with Gasteiger partial charge in [0.05, 0.1) is 19.8 Å². The molecule has 0 radical (unpaired) electrons. The van der Waals surface area contributed by atoms with Crippen LogP contribution in [0.1, 0.15) is 252 Å². The van der Waals surface area contributed by atoms with Crippen molar-refractivity contribution < 1.29 is 24.2 Å². The predicted octanol–water partition coefficient (Wildman–Crippen LogP) is 14.6. The molecule has 1 fully saturated rings. The van der Waals surface area contributed by atoms with Gasteiger partial charge in [-0.2, -0.15) is 0 Å². The Bertz CT molecular complexity index is 986. The van der Waals surface area contributed by atoms with Crippen molar-refractivity contribution >= 4 is 11.9 Å². The number of unbranched alkanes of at least 4 members (excludes halogenated alkanes) is 21. The predicted molar refractivity (Wildman–Crippen MR) is 261 cm³/mol. The summed E-state index contributed by atoms with van der Waals surface area (Å²) in [6.07, 6.45) is 46.1. The lowest BCUT2D eigenvalue weighted by Gasteiger charge is -2.39. The summed E-state index contributed by atoms with van der Waals surface area (Å²) in [4.78, 5) is 31.4. The average Bonchev–Trinajstić information content (AvgIpc) is 3.24. The molecule has 2 atom stereocenters. The summed E-state index contributed by atoms with van der Waals surface area (Å²) >= 11 is 0. The first-order valence-electron chi connectivity index (χ1n) is 27.0. The van der Waals surface area contributed by atoms with Gasteiger partial charge in [0.15, 0.2) is 0 Å². The van der Waals surface area contributed by atoms with E-state index in [1.807, 2.05) is 0 Å². The molecule has 1 aliphatic carbocycles. The van der Waals surface area contributed by atoms with Crippen molar-refractivity contribution in [1.82, 2.24) is 9.80 Å². The highest BCUT2D eigenvalue weighted by Gasteiger charge is 2.25. The quantitative estimate of drug-likeness (QED) is 0.0371. The Morgan fingerprint density at radius 2 is 1.02 bits per heavy atom. The number of aliphatic hydroxyl groups excluding tert-OH is 1. The monoisotopic (exact) mass is 861 g/mol. The summed E-state index contributed by atoms with van der Waals surface area (Å²) in [6, 6.07) is 0.683. The minimum atomic E-state index is -0.105. The van der Waals surface area contributed by atoms with Crippen LogP contribution in [0, 0.1) is 11.8 Å². The van der Waals surface area contributed by atoms with E-state index in [0.717, 1.165) is 77.7 Å². The summed E-state index contributed by atoms with van der Waals surface area (Å²) in [5, 5.41) is 9.63. The smallest absolute Gasteiger partial charge is 0.306 e. The third kappa shape index (κ3) is 35.6. The van der Waals surface area contributed by atoms with Crippen molar-refractivity contribution in [2.75, 3.05) is 52.5 Å². The van der Waals surface area contributed by atoms with Gasteiger partial charge in [-0.05, 0) is 96.1 Å². The van der Waals surface area contributed by atoms with Gasteiger partial charge >= 0.3 is 11.9 Å². The van der Waals surface area contributed by atoms with Crippen LogP contribution in [0.2, 0.25) is 0 Å². The molecule has 1 N–H and O–H groups in total. The van der Waals surface area contributed by atoms with Crippen molar-refractivity contribution in [3.8, 4) is 0 Å². The normalized spacial score (nSPS) is 14.3. The van der Waals surface area contributed by atoms with Crippen LogP contribution >= 0.6 is 0 Å². The van der Waals surface area contributed by atoms with Gasteiger partial charge in [-0.1, -0.05) is 175 Å². The lowest BCUT2D eigenvalue weighted by molar-refractivity contribution is -0.150. The number of ether oxygens (including phenoxy) is 2. The molecule has 0 aromatic heterocycles. The molecule has 0 aromatic carbocycles. The average molecular weight is 861 g/mol. The SMILES string of the molecule is CCCCCCCC/C=C\CCCCCCCC(=O)OCC(CCCCN(CCN(CCO)CCCC)C1CCC1)COC(=O)CC(CCCCCC)CCCCCCCC. The van der Waals surface area contributed by atoms with Crippen molar-refractivity contribution in [3.63, 3.8) is 0 Å². The van der Waals surface area contributed by atoms with Crippen LogP contribution in [0.5, 0.6) is 0 Å². The van der Waals surface area contributed by atoms with Crippen LogP contribution in [0.15, 0.2) is 12.2 Å². The Morgan fingerprint density at radius 1 is 0.525 bits per heavy atom. The van der Waals surface area contributed by atoms with Gasteiger partial charge in [0.2, 0.25) is 0 Å². The fourth-order valence-electron chi connectivity index (χ4n) is 8.87. The summed E-state index contributed by atoms with van der Waals surface area (Å²) in [7, 11) is 0. The van der Waals surface area contributed by atoms with Gasteiger partial charge in [-0.25, -0.2) is 0 Å². The minimum Gasteiger partial charge on any atom is -0.465 e. The second-order valence-electron chi connectivity index (χ2n) is 19.1. The van der Waals surface area contributed by atoms with Crippen LogP contribution in [-0.4, -0.2) is 85.4 Å². The number of rotatable bonds is 47. The molecule has 0 saturated heterocycles. The highest BCUT2D eigenvalue weighted by Crippen LogP contribution is 2.26. The summed E-state index contributed by atoms with van der Waals surface area (Å²) in [5.41, 5.74) is 0.